The number of hydrogen-bond donors (Lipinski definition) is 0. The number of carbonyl (C=O) groups excluding carboxylic acids is 1. The number of rotatable bonds is 5. The van der Waals surface area contributed by atoms with Crippen molar-refractivity contribution in [2.75, 3.05) is 6.54 Å². The summed E-state index contributed by atoms with van der Waals surface area (Å²) < 4.78 is 5.04. The van der Waals surface area contributed by atoms with Gasteiger partial charge in [0.05, 0.1) is 11.8 Å². The summed E-state index contributed by atoms with van der Waals surface area (Å²) in [7, 11) is 0. The molecule has 1 heterocycles. The molecule has 0 saturated heterocycles. The molecule has 0 atom stereocenters. The average Bonchev–Trinajstić information content (AvgIpc) is 3.00. The van der Waals surface area contributed by atoms with Crippen molar-refractivity contribution in [1.29, 1.82) is 0 Å². The van der Waals surface area contributed by atoms with Gasteiger partial charge in [0.15, 0.2) is 0 Å². The highest BCUT2D eigenvalue weighted by Gasteiger charge is 2.29. The Hall–Kier alpha value is -0.960. The third-order valence-electron chi connectivity index (χ3n) is 3.82. The predicted octanol–water partition coefficient (Wildman–Crippen LogP) is 4.36. The van der Waals surface area contributed by atoms with E-state index in [4.69, 9.17) is 16.0 Å². The molecule has 0 bridgehead atoms. The molecule has 1 aliphatic carbocycles. The van der Waals surface area contributed by atoms with E-state index in [9.17, 15) is 4.79 Å². The summed E-state index contributed by atoms with van der Waals surface area (Å²) in [5.41, 5.74) is 0.498. The third kappa shape index (κ3) is 3.53. The van der Waals surface area contributed by atoms with E-state index in [1.807, 2.05) is 4.90 Å². The fraction of sp³-hybridized carbons (Fsp3) is 0.667. The first-order valence-corrected chi connectivity index (χ1v) is 7.51. The molecule has 3 nitrogen and oxygen atoms in total. The van der Waals surface area contributed by atoms with Gasteiger partial charge in [0.2, 0.25) is 5.22 Å². The van der Waals surface area contributed by atoms with E-state index in [2.05, 4.69) is 13.8 Å². The molecular formula is C15H22ClNO2. The van der Waals surface area contributed by atoms with Gasteiger partial charge in [-0.25, -0.2) is 0 Å². The largest absolute Gasteiger partial charge is 0.452 e. The molecule has 0 radical (unpaired) electrons. The van der Waals surface area contributed by atoms with Crippen LogP contribution < -0.4 is 0 Å². The molecule has 1 aromatic heterocycles. The standard InChI is InChI=1S/C15H22ClNO2/c1-11(2)7-9-17(12-5-3-4-6-12)15(18)13-8-10-19-14(13)16/h8,10-12H,3-7,9H2,1-2H3. The summed E-state index contributed by atoms with van der Waals surface area (Å²) in [5, 5.41) is 0.206. The van der Waals surface area contributed by atoms with Crippen molar-refractivity contribution in [3.8, 4) is 0 Å². The van der Waals surface area contributed by atoms with Gasteiger partial charge in [0.25, 0.3) is 5.91 Å². The van der Waals surface area contributed by atoms with E-state index in [1.165, 1.54) is 19.1 Å². The second-order valence-corrected chi connectivity index (χ2v) is 6.07. The monoisotopic (exact) mass is 283 g/mol. The fourth-order valence-electron chi connectivity index (χ4n) is 2.66. The van der Waals surface area contributed by atoms with E-state index < -0.39 is 0 Å². The lowest BCUT2D eigenvalue weighted by Gasteiger charge is -2.29. The number of carbonyl (C=O) groups is 1. The number of hydrogen-bond acceptors (Lipinski definition) is 2. The molecule has 2 rings (SSSR count). The third-order valence-corrected chi connectivity index (χ3v) is 4.11. The Morgan fingerprint density at radius 1 is 1.47 bits per heavy atom. The van der Waals surface area contributed by atoms with Gasteiger partial charge < -0.3 is 9.32 Å². The molecule has 1 aliphatic rings. The van der Waals surface area contributed by atoms with Gasteiger partial charge in [0, 0.05) is 12.6 Å². The smallest absolute Gasteiger partial charge is 0.258 e. The highest BCUT2D eigenvalue weighted by molar-refractivity contribution is 6.32. The Kier molecular flexibility index (Phi) is 4.92. The van der Waals surface area contributed by atoms with E-state index >= 15 is 0 Å². The molecule has 1 amide bonds. The Bertz CT molecular complexity index is 422. The minimum Gasteiger partial charge on any atom is -0.452 e. The van der Waals surface area contributed by atoms with Gasteiger partial charge in [-0.3, -0.25) is 4.79 Å². The van der Waals surface area contributed by atoms with Gasteiger partial charge in [-0.05, 0) is 42.8 Å². The quantitative estimate of drug-likeness (QED) is 0.804. The van der Waals surface area contributed by atoms with Crippen molar-refractivity contribution in [1.82, 2.24) is 4.90 Å². The Labute approximate surface area is 119 Å². The van der Waals surface area contributed by atoms with Crippen LogP contribution >= 0.6 is 11.6 Å². The maximum Gasteiger partial charge on any atom is 0.258 e. The van der Waals surface area contributed by atoms with Gasteiger partial charge in [-0.1, -0.05) is 26.7 Å². The first-order chi connectivity index (χ1) is 9.09. The minimum absolute atomic E-state index is 0.0197. The van der Waals surface area contributed by atoms with Crippen LogP contribution in [0.25, 0.3) is 0 Å². The van der Waals surface area contributed by atoms with Gasteiger partial charge >= 0.3 is 0 Å². The highest BCUT2D eigenvalue weighted by atomic mass is 35.5. The van der Waals surface area contributed by atoms with Crippen LogP contribution in [0.15, 0.2) is 16.7 Å². The number of halogens is 1. The minimum atomic E-state index is 0.0197. The molecule has 1 aromatic rings. The summed E-state index contributed by atoms with van der Waals surface area (Å²) in [4.78, 5) is 14.6. The van der Waals surface area contributed by atoms with Crippen molar-refractivity contribution in [3.63, 3.8) is 0 Å². The summed E-state index contributed by atoms with van der Waals surface area (Å²) in [6.45, 7) is 5.17. The zero-order chi connectivity index (χ0) is 13.8. The van der Waals surface area contributed by atoms with E-state index in [-0.39, 0.29) is 11.1 Å². The van der Waals surface area contributed by atoms with Crippen LogP contribution in [0, 0.1) is 5.92 Å². The fourth-order valence-corrected chi connectivity index (χ4v) is 2.86. The van der Waals surface area contributed by atoms with Crippen LogP contribution in [-0.4, -0.2) is 23.4 Å². The van der Waals surface area contributed by atoms with Crippen molar-refractivity contribution < 1.29 is 9.21 Å². The molecule has 0 aromatic carbocycles. The van der Waals surface area contributed by atoms with Crippen molar-refractivity contribution >= 4 is 17.5 Å². The van der Waals surface area contributed by atoms with Crippen LogP contribution in [0.4, 0.5) is 0 Å². The summed E-state index contributed by atoms with van der Waals surface area (Å²) in [5.74, 6) is 0.614. The second-order valence-electron chi connectivity index (χ2n) is 5.73. The zero-order valence-electron chi connectivity index (χ0n) is 11.7. The topological polar surface area (TPSA) is 33.5 Å². The Morgan fingerprint density at radius 3 is 2.68 bits per heavy atom. The number of amides is 1. The average molecular weight is 284 g/mol. The molecular weight excluding hydrogens is 262 g/mol. The van der Waals surface area contributed by atoms with E-state index in [0.717, 1.165) is 25.8 Å². The lowest BCUT2D eigenvalue weighted by molar-refractivity contribution is 0.0671. The van der Waals surface area contributed by atoms with Crippen molar-refractivity contribution in [3.05, 3.63) is 23.1 Å². The zero-order valence-corrected chi connectivity index (χ0v) is 12.4. The van der Waals surface area contributed by atoms with E-state index in [1.54, 1.807) is 6.07 Å². The van der Waals surface area contributed by atoms with Gasteiger partial charge in [-0.2, -0.15) is 0 Å². The van der Waals surface area contributed by atoms with Gasteiger partial charge in [0.1, 0.15) is 0 Å². The summed E-state index contributed by atoms with van der Waals surface area (Å²) >= 11 is 5.93. The Balaban J connectivity index is 2.11. The first kappa shape index (κ1) is 14.4. The maximum absolute atomic E-state index is 12.6. The molecule has 0 spiro atoms. The lowest BCUT2D eigenvalue weighted by Crippen LogP contribution is -2.40. The van der Waals surface area contributed by atoms with Crippen LogP contribution in [0.3, 0.4) is 0 Å². The van der Waals surface area contributed by atoms with Crippen molar-refractivity contribution in [2.45, 2.75) is 52.0 Å². The van der Waals surface area contributed by atoms with Crippen LogP contribution in [-0.2, 0) is 0 Å². The summed E-state index contributed by atoms with van der Waals surface area (Å²) in [6.07, 6.45) is 7.16. The number of nitrogens with zero attached hydrogens (tertiary/aromatic N) is 1. The molecule has 1 saturated carbocycles. The van der Waals surface area contributed by atoms with E-state index in [0.29, 0.717) is 17.5 Å². The molecule has 0 aliphatic heterocycles. The second kappa shape index (κ2) is 6.47. The summed E-state index contributed by atoms with van der Waals surface area (Å²) in [6, 6.07) is 2.04. The molecule has 19 heavy (non-hydrogen) atoms. The van der Waals surface area contributed by atoms with Crippen LogP contribution in [0.5, 0.6) is 0 Å². The first-order valence-electron chi connectivity index (χ1n) is 7.13. The normalized spacial score (nSPS) is 16.2. The lowest BCUT2D eigenvalue weighted by atomic mass is 10.1. The van der Waals surface area contributed by atoms with Crippen LogP contribution in [0.2, 0.25) is 5.22 Å². The molecule has 106 valence electrons. The molecule has 1 fully saturated rings. The van der Waals surface area contributed by atoms with Gasteiger partial charge in [-0.15, -0.1) is 0 Å². The van der Waals surface area contributed by atoms with Crippen molar-refractivity contribution in [2.24, 2.45) is 5.92 Å². The molecule has 0 N–H and O–H groups in total. The highest BCUT2D eigenvalue weighted by Crippen LogP contribution is 2.27. The van der Waals surface area contributed by atoms with Crippen LogP contribution in [0.1, 0.15) is 56.3 Å². The molecule has 4 heteroatoms. The number of furan rings is 1. The molecule has 0 unspecified atom stereocenters. The SMILES string of the molecule is CC(C)CCN(C(=O)c1ccoc1Cl)C1CCCC1. The maximum atomic E-state index is 12.6. The Morgan fingerprint density at radius 2 is 2.16 bits per heavy atom. The predicted molar refractivity (Wildman–Crippen MR) is 76.5 cm³/mol.